The zero-order valence-electron chi connectivity index (χ0n) is 15.2. The summed E-state index contributed by atoms with van der Waals surface area (Å²) in [7, 11) is 2.71. The second-order valence-corrected chi connectivity index (χ2v) is 7.96. The van der Waals surface area contributed by atoms with Gasteiger partial charge in [0.05, 0.1) is 17.7 Å². The van der Waals surface area contributed by atoms with Crippen LogP contribution in [0.2, 0.25) is 5.02 Å². The topological polar surface area (TPSA) is 46.5 Å². The molecular formula is C22H16ClF2O3P. The molecular weight excluding hydrogens is 417 g/mol. The van der Waals surface area contributed by atoms with E-state index in [4.69, 9.17) is 11.6 Å². The van der Waals surface area contributed by atoms with Crippen LogP contribution in [0.25, 0.3) is 22.3 Å². The van der Waals surface area contributed by atoms with Crippen molar-refractivity contribution in [2.45, 2.75) is 11.3 Å². The molecule has 148 valence electrons. The van der Waals surface area contributed by atoms with Gasteiger partial charge in [-0.2, -0.15) is 8.78 Å². The van der Waals surface area contributed by atoms with E-state index in [0.717, 1.165) is 0 Å². The first-order valence-corrected chi connectivity index (χ1v) is 9.65. The number of benzene rings is 3. The third-order valence-electron chi connectivity index (χ3n) is 5.21. The van der Waals surface area contributed by atoms with Gasteiger partial charge in [0, 0.05) is 11.1 Å². The maximum Gasteiger partial charge on any atom is 0.339 e. The molecule has 0 fully saturated rings. The van der Waals surface area contributed by atoms with E-state index in [1.165, 1.54) is 34.5 Å². The molecule has 0 spiro atoms. The quantitative estimate of drug-likeness (QED) is 0.440. The first-order chi connectivity index (χ1) is 13.7. The lowest BCUT2D eigenvalue weighted by atomic mass is 9.89. The second kappa shape index (κ2) is 6.88. The number of fused-ring (bicyclic) bond motifs is 3. The van der Waals surface area contributed by atoms with Crippen LogP contribution in [0.5, 0.6) is 0 Å². The Hall–Kier alpha value is -2.33. The normalized spacial score (nSPS) is 17.6. The lowest BCUT2D eigenvalue weighted by Crippen LogP contribution is -2.40. The number of carbonyl (C=O) groups excluding carboxylic acids is 1. The van der Waals surface area contributed by atoms with Crippen LogP contribution in [0.15, 0.2) is 60.7 Å². The molecule has 1 aliphatic carbocycles. The standard InChI is InChI=1S/C22H16ClF2O3P/c1-28-20(26)16-9-7-13(11-19(16)23)12-6-8-15-14-4-2-3-5-17(14)21(27,18(15)10-12)22(24,25)29/h2-11,27H,29H2,1H3. The molecule has 0 heterocycles. The van der Waals surface area contributed by atoms with Gasteiger partial charge in [0.25, 0.3) is 5.66 Å². The molecule has 1 N–H and O–H groups in total. The summed E-state index contributed by atoms with van der Waals surface area (Å²) in [5.41, 5.74) is -3.16. The van der Waals surface area contributed by atoms with Crippen LogP contribution in [-0.2, 0) is 10.3 Å². The number of carbonyl (C=O) groups is 1. The van der Waals surface area contributed by atoms with E-state index in [1.807, 2.05) is 0 Å². The van der Waals surface area contributed by atoms with Crippen molar-refractivity contribution in [2.24, 2.45) is 0 Å². The predicted molar refractivity (Wildman–Crippen MR) is 111 cm³/mol. The van der Waals surface area contributed by atoms with E-state index in [0.29, 0.717) is 22.3 Å². The van der Waals surface area contributed by atoms with Crippen molar-refractivity contribution in [3.05, 3.63) is 82.4 Å². The minimum absolute atomic E-state index is 0.115. The summed E-state index contributed by atoms with van der Waals surface area (Å²) in [6.07, 6.45) is 0. The van der Waals surface area contributed by atoms with Crippen molar-refractivity contribution in [3.63, 3.8) is 0 Å². The maximum atomic E-state index is 14.6. The second-order valence-electron chi connectivity index (χ2n) is 6.83. The van der Waals surface area contributed by atoms with Gasteiger partial charge in [-0.25, -0.2) is 4.79 Å². The number of rotatable bonds is 3. The molecule has 0 saturated heterocycles. The summed E-state index contributed by atoms with van der Waals surface area (Å²) < 4.78 is 33.9. The Kier molecular flexibility index (Phi) is 4.73. The van der Waals surface area contributed by atoms with E-state index in [2.05, 4.69) is 4.74 Å². The van der Waals surface area contributed by atoms with Gasteiger partial charge in [0.2, 0.25) is 0 Å². The molecule has 3 aromatic carbocycles. The van der Waals surface area contributed by atoms with Gasteiger partial charge in [-0.15, -0.1) is 0 Å². The minimum Gasteiger partial charge on any atom is -0.465 e. The van der Waals surface area contributed by atoms with E-state index < -0.39 is 17.2 Å². The van der Waals surface area contributed by atoms with Crippen molar-refractivity contribution < 1.29 is 23.4 Å². The Morgan fingerprint density at radius 2 is 1.66 bits per heavy atom. The average Bonchev–Trinajstić information content (AvgIpc) is 2.97. The Bertz CT molecular complexity index is 1140. The van der Waals surface area contributed by atoms with Crippen molar-refractivity contribution in [2.75, 3.05) is 7.11 Å². The van der Waals surface area contributed by atoms with Gasteiger partial charge >= 0.3 is 5.97 Å². The van der Waals surface area contributed by atoms with E-state index in [1.54, 1.807) is 42.5 Å². The number of methoxy groups -OCH3 is 1. The highest BCUT2D eigenvalue weighted by molar-refractivity contribution is 7.18. The first kappa shape index (κ1) is 20.0. The Morgan fingerprint density at radius 1 is 1.03 bits per heavy atom. The van der Waals surface area contributed by atoms with Gasteiger partial charge in [0.1, 0.15) is 0 Å². The van der Waals surface area contributed by atoms with Crippen LogP contribution in [0.1, 0.15) is 21.5 Å². The zero-order valence-corrected chi connectivity index (χ0v) is 17.2. The monoisotopic (exact) mass is 432 g/mol. The molecule has 0 aliphatic heterocycles. The molecule has 29 heavy (non-hydrogen) atoms. The lowest BCUT2D eigenvalue weighted by Gasteiger charge is -2.31. The number of aliphatic hydroxyl groups is 1. The van der Waals surface area contributed by atoms with E-state index in [-0.39, 0.29) is 21.7 Å². The smallest absolute Gasteiger partial charge is 0.339 e. The molecule has 0 radical (unpaired) electrons. The number of hydrogen-bond acceptors (Lipinski definition) is 3. The molecule has 3 aromatic rings. The van der Waals surface area contributed by atoms with Crippen molar-refractivity contribution in [1.29, 1.82) is 0 Å². The average molecular weight is 433 g/mol. The predicted octanol–water partition coefficient (Wildman–Crippen LogP) is 5.48. The Morgan fingerprint density at radius 3 is 2.31 bits per heavy atom. The molecule has 7 heteroatoms. The van der Waals surface area contributed by atoms with E-state index in [9.17, 15) is 18.7 Å². The highest BCUT2D eigenvalue weighted by atomic mass is 35.5. The summed E-state index contributed by atoms with van der Waals surface area (Å²) in [4.78, 5) is 11.7. The van der Waals surface area contributed by atoms with Crippen LogP contribution < -0.4 is 0 Å². The molecule has 2 unspecified atom stereocenters. The largest absolute Gasteiger partial charge is 0.465 e. The Labute approximate surface area is 173 Å². The van der Waals surface area contributed by atoms with Crippen LogP contribution in [0.3, 0.4) is 0 Å². The molecule has 2 atom stereocenters. The van der Waals surface area contributed by atoms with Gasteiger partial charge < -0.3 is 9.84 Å². The fourth-order valence-electron chi connectivity index (χ4n) is 3.77. The van der Waals surface area contributed by atoms with Crippen LogP contribution in [0.4, 0.5) is 8.78 Å². The summed E-state index contributed by atoms with van der Waals surface area (Å²) in [6.45, 7) is 0. The SMILES string of the molecule is COC(=O)c1ccc(-c2ccc3c(c2)C(O)(C(F)(F)P)c2ccccc2-3)cc1Cl. The fraction of sp³-hybridized carbons (Fsp3) is 0.136. The maximum absolute atomic E-state index is 14.6. The van der Waals surface area contributed by atoms with Gasteiger partial charge in [-0.1, -0.05) is 63.3 Å². The number of hydrogen-bond donors (Lipinski definition) is 1. The summed E-state index contributed by atoms with van der Waals surface area (Å²) >= 11 is 6.20. The first-order valence-electron chi connectivity index (χ1n) is 8.70. The molecule has 0 amide bonds. The minimum atomic E-state index is -3.49. The fourth-order valence-corrected chi connectivity index (χ4v) is 4.33. The zero-order chi connectivity index (χ0) is 21.0. The highest BCUT2D eigenvalue weighted by Gasteiger charge is 2.56. The molecule has 3 nitrogen and oxygen atoms in total. The van der Waals surface area contributed by atoms with E-state index >= 15 is 0 Å². The van der Waals surface area contributed by atoms with Crippen LogP contribution >= 0.6 is 20.8 Å². The Balaban J connectivity index is 1.89. The molecule has 0 aromatic heterocycles. The van der Waals surface area contributed by atoms with Crippen LogP contribution in [0, 0.1) is 0 Å². The number of alkyl halides is 2. The number of halogens is 3. The summed E-state index contributed by atoms with van der Waals surface area (Å²) in [5.74, 6) is -0.567. The van der Waals surface area contributed by atoms with Crippen molar-refractivity contribution >= 4 is 26.8 Å². The summed E-state index contributed by atoms with van der Waals surface area (Å²) in [5, 5.41) is 11.3. The highest BCUT2D eigenvalue weighted by Crippen LogP contribution is 2.57. The summed E-state index contributed by atoms with van der Waals surface area (Å²) in [6, 6.07) is 16.3. The third kappa shape index (κ3) is 2.96. The van der Waals surface area contributed by atoms with Gasteiger partial charge in [-0.05, 0) is 40.5 Å². The van der Waals surface area contributed by atoms with Crippen molar-refractivity contribution in [3.8, 4) is 22.3 Å². The molecule has 4 rings (SSSR count). The van der Waals surface area contributed by atoms with Crippen molar-refractivity contribution in [1.82, 2.24) is 0 Å². The number of esters is 1. The molecule has 1 aliphatic rings. The van der Waals surface area contributed by atoms with Gasteiger partial charge in [-0.3, -0.25) is 0 Å². The number of ether oxygens (including phenoxy) is 1. The van der Waals surface area contributed by atoms with Gasteiger partial charge in [0.15, 0.2) is 5.60 Å². The molecule has 0 bridgehead atoms. The van der Waals surface area contributed by atoms with Crippen LogP contribution in [-0.4, -0.2) is 23.8 Å². The third-order valence-corrected chi connectivity index (χ3v) is 5.94. The molecule has 0 saturated carbocycles. The lowest BCUT2D eigenvalue weighted by molar-refractivity contribution is -0.0963.